The lowest BCUT2D eigenvalue weighted by molar-refractivity contribution is 0.318. The summed E-state index contributed by atoms with van der Waals surface area (Å²) in [6.07, 6.45) is 1.59. The minimum Gasteiger partial charge on any atom is -0.490 e. The molecule has 29 heavy (non-hydrogen) atoms. The van der Waals surface area contributed by atoms with Gasteiger partial charge in [-0.15, -0.1) is 11.6 Å². The molecule has 4 nitrogen and oxygen atoms in total. The van der Waals surface area contributed by atoms with Crippen LogP contribution in [0.25, 0.3) is 11.3 Å². The molecule has 0 unspecified atom stereocenters. The molecule has 2 N–H and O–H groups in total. The first-order valence-electron chi connectivity index (χ1n) is 9.44. The average molecular weight is 454 g/mol. The molecule has 3 rings (SSSR count). The van der Waals surface area contributed by atoms with Crippen LogP contribution in [0.3, 0.4) is 0 Å². The number of hydrogen-bond donors (Lipinski definition) is 1. The summed E-state index contributed by atoms with van der Waals surface area (Å²) in [7, 11) is 0. The normalized spacial score (nSPS) is 12.2. The van der Waals surface area contributed by atoms with Gasteiger partial charge in [-0.25, -0.2) is 0 Å². The zero-order valence-electron chi connectivity index (χ0n) is 16.1. The summed E-state index contributed by atoms with van der Waals surface area (Å²) in [5, 5.41) is 5.09. The third-order valence-corrected chi connectivity index (χ3v) is 5.49. The molecule has 0 spiro atoms. The van der Waals surface area contributed by atoms with Crippen molar-refractivity contribution < 1.29 is 9.26 Å². The van der Waals surface area contributed by atoms with Crippen LogP contribution in [-0.4, -0.2) is 17.6 Å². The lowest BCUT2D eigenvalue weighted by atomic mass is 9.93. The largest absolute Gasteiger partial charge is 0.490 e. The Morgan fingerprint density at radius 2 is 1.79 bits per heavy atom. The second kappa shape index (κ2) is 10.4. The van der Waals surface area contributed by atoms with Gasteiger partial charge in [-0.1, -0.05) is 59.5 Å². The van der Waals surface area contributed by atoms with Crippen molar-refractivity contribution in [2.24, 2.45) is 5.73 Å². The number of rotatable bonds is 9. The van der Waals surface area contributed by atoms with E-state index in [1.54, 1.807) is 0 Å². The number of benzene rings is 2. The molecule has 1 heterocycles. The van der Waals surface area contributed by atoms with Gasteiger partial charge in [0, 0.05) is 17.5 Å². The van der Waals surface area contributed by atoms with E-state index in [0.717, 1.165) is 29.7 Å². The van der Waals surface area contributed by atoms with E-state index < -0.39 is 0 Å². The summed E-state index contributed by atoms with van der Waals surface area (Å²) in [5.74, 6) is 1.96. The zero-order chi connectivity index (χ0) is 20.8. The van der Waals surface area contributed by atoms with Crippen molar-refractivity contribution in [2.75, 3.05) is 12.5 Å². The highest BCUT2D eigenvalue weighted by atomic mass is 35.5. The van der Waals surface area contributed by atoms with Gasteiger partial charge in [0.2, 0.25) is 0 Å². The smallest absolute Gasteiger partial charge is 0.156 e. The number of hydrogen-bond acceptors (Lipinski definition) is 4. The summed E-state index contributed by atoms with van der Waals surface area (Å²) < 4.78 is 10.8. The first-order chi connectivity index (χ1) is 14.0. The molecule has 1 atom stereocenters. The van der Waals surface area contributed by atoms with Crippen LogP contribution in [0.1, 0.15) is 36.1 Å². The molecule has 7 heteroatoms. The number of alkyl halides is 1. The van der Waals surface area contributed by atoms with E-state index in [0.29, 0.717) is 40.6 Å². The van der Waals surface area contributed by atoms with Gasteiger partial charge in [0.25, 0.3) is 0 Å². The van der Waals surface area contributed by atoms with E-state index in [4.69, 9.17) is 49.8 Å². The molecule has 0 aliphatic heterocycles. The predicted molar refractivity (Wildman–Crippen MR) is 119 cm³/mol. The Bertz CT molecular complexity index is 918. The maximum Gasteiger partial charge on any atom is 0.156 e. The molecule has 3 aromatic rings. The number of ether oxygens (including phenoxy) is 1. The predicted octanol–water partition coefficient (Wildman–Crippen LogP) is 6.46. The van der Waals surface area contributed by atoms with Crippen LogP contribution >= 0.6 is 34.8 Å². The molecular weight excluding hydrogens is 431 g/mol. The van der Waals surface area contributed by atoms with Gasteiger partial charge >= 0.3 is 0 Å². The topological polar surface area (TPSA) is 61.3 Å². The maximum absolute atomic E-state index is 6.40. The van der Waals surface area contributed by atoms with E-state index in [1.807, 2.05) is 30.3 Å². The van der Waals surface area contributed by atoms with Crippen LogP contribution in [-0.2, 0) is 13.0 Å². The lowest BCUT2D eigenvalue weighted by Crippen LogP contribution is -2.02. The van der Waals surface area contributed by atoms with Crippen LogP contribution in [0.4, 0.5) is 0 Å². The molecule has 0 saturated heterocycles. The van der Waals surface area contributed by atoms with E-state index >= 15 is 0 Å². The number of nitrogens with two attached hydrogens (primary N) is 1. The molecule has 0 fully saturated rings. The Kier molecular flexibility index (Phi) is 7.84. The van der Waals surface area contributed by atoms with Crippen LogP contribution in [0.5, 0.6) is 5.75 Å². The van der Waals surface area contributed by atoms with Crippen molar-refractivity contribution in [2.45, 2.75) is 32.2 Å². The number of aromatic nitrogens is 1. The van der Waals surface area contributed by atoms with Gasteiger partial charge in [0.1, 0.15) is 5.69 Å². The molecule has 0 aliphatic rings. The van der Waals surface area contributed by atoms with E-state index in [-0.39, 0.29) is 5.92 Å². The van der Waals surface area contributed by atoms with Crippen LogP contribution in [0, 0.1) is 0 Å². The summed E-state index contributed by atoms with van der Waals surface area (Å²) in [5.41, 5.74) is 9.63. The Labute approximate surface area is 185 Å². The Morgan fingerprint density at radius 3 is 2.38 bits per heavy atom. The molecule has 0 aliphatic carbocycles. The summed E-state index contributed by atoms with van der Waals surface area (Å²) in [6, 6.07) is 14.0. The van der Waals surface area contributed by atoms with Gasteiger partial charge in [-0.3, -0.25) is 0 Å². The fraction of sp³-hybridized carbons (Fsp3) is 0.318. The molecule has 0 radical (unpaired) electrons. The first kappa shape index (κ1) is 22.0. The highest BCUT2D eigenvalue weighted by Crippen LogP contribution is 2.37. The molecule has 0 saturated carbocycles. The molecule has 0 amide bonds. The maximum atomic E-state index is 6.40. The van der Waals surface area contributed by atoms with Crippen molar-refractivity contribution in [1.29, 1.82) is 0 Å². The number of nitrogens with zero attached hydrogens (tertiary/aromatic N) is 1. The third kappa shape index (κ3) is 5.67. The Balaban J connectivity index is 1.68. The van der Waals surface area contributed by atoms with Crippen molar-refractivity contribution in [3.63, 3.8) is 0 Å². The van der Waals surface area contributed by atoms with Gasteiger partial charge < -0.3 is 15.0 Å². The minimum atomic E-state index is 0.239. The first-order valence-corrected chi connectivity index (χ1v) is 10.7. The van der Waals surface area contributed by atoms with Crippen LogP contribution in [0.15, 0.2) is 47.0 Å². The summed E-state index contributed by atoms with van der Waals surface area (Å²) >= 11 is 18.5. The highest BCUT2D eigenvalue weighted by molar-refractivity contribution is 6.37. The SMILES string of the molecule is C[C@H](Cc1ccc(-c2cc(CN)on2)cc1)c1cc(Cl)c(OCCCCl)c(Cl)c1. The molecule has 0 bridgehead atoms. The summed E-state index contributed by atoms with van der Waals surface area (Å²) in [4.78, 5) is 0. The van der Waals surface area contributed by atoms with E-state index in [9.17, 15) is 0 Å². The number of halogens is 3. The van der Waals surface area contributed by atoms with Gasteiger partial charge in [0.15, 0.2) is 11.5 Å². The molecule has 2 aromatic carbocycles. The lowest BCUT2D eigenvalue weighted by Gasteiger charge is -2.16. The van der Waals surface area contributed by atoms with Crippen molar-refractivity contribution >= 4 is 34.8 Å². The Morgan fingerprint density at radius 1 is 1.10 bits per heavy atom. The molecular formula is C22H23Cl3N2O2. The van der Waals surface area contributed by atoms with E-state index in [2.05, 4.69) is 24.2 Å². The monoisotopic (exact) mass is 452 g/mol. The van der Waals surface area contributed by atoms with Crippen LogP contribution in [0.2, 0.25) is 10.0 Å². The molecule has 1 aromatic heterocycles. The third-order valence-electron chi connectivity index (χ3n) is 4.67. The zero-order valence-corrected chi connectivity index (χ0v) is 18.4. The van der Waals surface area contributed by atoms with Crippen molar-refractivity contribution in [3.8, 4) is 17.0 Å². The summed E-state index contributed by atoms with van der Waals surface area (Å²) in [6.45, 7) is 2.97. The van der Waals surface area contributed by atoms with Crippen molar-refractivity contribution in [3.05, 3.63) is 69.4 Å². The fourth-order valence-electron chi connectivity index (χ4n) is 3.06. The molecule has 154 valence electrons. The standard InChI is InChI=1S/C22H23Cl3N2O2/c1-14(17-10-19(24)22(20(25)11-17)28-8-2-7-23)9-15-3-5-16(6-4-15)21-12-18(13-26)29-27-21/h3-6,10-12,14H,2,7-9,13,26H2,1H3/t14-/m1/s1. The second-order valence-electron chi connectivity index (χ2n) is 6.89. The average Bonchev–Trinajstić information content (AvgIpc) is 3.20. The van der Waals surface area contributed by atoms with Gasteiger partial charge in [-0.2, -0.15) is 0 Å². The van der Waals surface area contributed by atoms with Gasteiger partial charge in [-0.05, 0) is 42.0 Å². The second-order valence-corrected chi connectivity index (χ2v) is 8.08. The highest BCUT2D eigenvalue weighted by Gasteiger charge is 2.15. The van der Waals surface area contributed by atoms with E-state index in [1.165, 1.54) is 5.56 Å². The van der Waals surface area contributed by atoms with Crippen LogP contribution < -0.4 is 10.5 Å². The fourth-order valence-corrected chi connectivity index (χ4v) is 3.78. The quantitative estimate of drug-likeness (QED) is 0.298. The van der Waals surface area contributed by atoms with Gasteiger partial charge in [0.05, 0.1) is 23.2 Å². The van der Waals surface area contributed by atoms with Crippen molar-refractivity contribution in [1.82, 2.24) is 5.16 Å². The minimum absolute atomic E-state index is 0.239. The Hall–Kier alpha value is -1.72.